The molecule has 1 aliphatic carbocycles. The van der Waals surface area contributed by atoms with Crippen molar-refractivity contribution in [1.82, 2.24) is 4.90 Å². The number of carbonyl (C=O) groups is 1. The quantitative estimate of drug-likeness (QED) is 0.898. The van der Waals surface area contributed by atoms with E-state index in [0.29, 0.717) is 13.1 Å². The summed E-state index contributed by atoms with van der Waals surface area (Å²) in [6.45, 7) is 3.15. The van der Waals surface area contributed by atoms with Crippen LogP contribution in [-0.2, 0) is 10.2 Å². The van der Waals surface area contributed by atoms with Gasteiger partial charge in [-0.2, -0.15) is 0 Å². The fourth-order valence-corrected chi connectivity index (χ4v) is 4.77. The van der Waals surface area contributed by atoms with Crippen LogP contribution < -0.4 is 10.5 Å². The number of hydrogen-bond acceptors (Lipinski definition) is 4. The number of aryl methyl sites for hydroxylation is 1. The number of benzene rings is 1. The molecule has 2 aromatic rings. The molecule has 2 atom stereocenters. The molecule has 0 spiro atoms. The maximum atomic E-state index is 13.7. The Morgan fingerprint density at radius 2 is 1.85 bits per heavy atom. The predicted molar refractivity (Wildman–Crippen MR) is 104 cm³/mol. The average molecular weight is 368 g/mol. The van der Waals surface area contributed by atoms with Crippen LogP contribution in [0.25, 0.3) is 0 Å². The molecule has 1 saturated carbocycles. The van der Waals surface area contributed by atoms with Crippen molar-refractivity contribution in [2.24, 2.45) is 5.73 Å². The first-order valence-electron chi connectivity index (χ1n) is 9.79. The predicted octanol–water partition coefficient (Wildman–Crippen LogP) is 3.36. The largest absolute Gasteiger partial charge is 0.497 e. The Labute approximate surface area is 160 Å². The normalized spacial score (nSPS) is 24.3. The van der Waals surface area contributed by atoms with Crippen molar-refractivity contribution in [3.05, 3.63) is 53.5 Å². The molecular weight excluding hydrogens is 340 g/mol. The van der Waals surface area contributed by atoms with Gasteiger partial charge in [-0.15, -0.1) is 0 Å². The maximum Gasteiger partial charge on any atom is 0.233 e. The van der Waals surface area contributed by atoms with E-state index >= 15 is 0 Å². The van der Waals surface area contributed by atoms with E-state index in [1.54, 1.807) is 7.11 Å². The second-order valence-electron chi connectivity index (χ2n) is 7.95. The third-order valence-corrected chi connectivity index (χ3v) is 6.29. The number of nitrogens with two attached hydrogens (primary N) is 1. The molecule has 1 aliphatic heterocycles. The Bertz CT molecular complexity index is 805. The summed E-state index contributed by atoms with van der Waals surface area (Å²) in [5.41, 5.74) is 7.06. The summed E-state index contributed by atoms with van der Waals surface area (Å²) in [5, 5.41) is 0. The number of nitrogens with zero attached hydrogens (tertiary/aromatic N) is 1. The third kappa shape index (κ3) is 3.14. The molecule has 2 heterocycles. The summed E-state index contributed by atoms with van der Waals surface area (Å²) in [7, 11) is 1.66. The fraction of sp³-hybridized carbons (Fsp3) is 0.500. The third-order valence-electron chi connectivity index (χ3n) is 6.29. The monoisotopic (exact) mass is 368 g/mol. The molecule has 0 radical (unpaired) electrons. The minimum absolute atomic E-state index is 0.0666. The lowest BCUT2D eigenvalue weighted by atomic mass is 9.77. The molecule has 0 unspecified atom stereocenters. The lowest BCUT2D eigenvalue weighted by molar-refractivity contribution is -0.136. The van der Waals surface area contributed by atoms with Crippen molar-refractivity contribution >= 4 is 5.91 Å². The zero-order valence-corrected chi connectivity index (χ0v) is 16.1. The number of amides is 1. The van der Waals surface area contributed by atoms with Gasteiger partial charge in [-0.3, -0.25) is 4.79 Å². The Hall–Kier alpha value is -2.27. The highest BCUT2D eigenvalue weighted by molar-refractivity contribution is 5.89. The van der Waals surface area contributed by atoms with Gasteiger partial charge in [0.05, 0.1) is 18.4 Å². The molecule has 0 bridgehead atoms. The van der Waals surface area contributed by atoms with Crippen LogP contribution in [-0.4, -0.2) is 37.0 Å². The number of likely N-dealkylation sites (tertiary alicyclic amines) is 1. The molecule has 1 aromatic heterocycles. The van der Waals surface area contributed by atoms with Crippen molar-refractivity contribution in [3.63, 3.8) is 0 Å². The Morgan fingerprint density at radius 3 is 2.44 bits per heavy atom. The minimum Gasteiger partial charge on any atom is -0.497 e. The van der Waals surface area contributed by atoms with E-state index in [4.69, 9.17) is 14.9 Å². The van der Waals surface area contributed by atoms with Crippen molar-refractivity contribution in [2.45, 2.75) is 50.0 Å². The summed E-state index contributed by atoms with van der Waals surface area (Å²) in [4.78, 5) is 15.6. The number of furan rings is 1. The molecule has 5 heteroatoms. The van der Waals surface area contributed by atoms with Gasteiger partial charge >= 0.3 is 0 Å². The van der Waals surface area contributed by atoms with Crippen molar-refractivity contribution in [3.8, 4) is 5.75 Å². The molecule has 4 rings (SSSR count). The molecule has 2 fully saturated rings. The Morgan fingerprint density at radius 1 is 1.15 bits per heavy atom. The molecule has 144 valence electrons. The molecule has 1 aromatic carbocycles. The van der Waals surface area contributed by atoms with Gasteiger partial charge in [0.1, 0.15) is 17.3 Å². The van der Waals surface area contributed by atoms with Crippen LogP contribution in [0, 0.1) is 6.92 Å². The fourth-order valence-electron chi connectivity index (χ4n) is 4.77. The highest BCUT2D eigenvalue weighted by Crippen LogP contribution is 2.44. The van der Waals surface area contributed by atoms with Crippen molar-refractivity contribution in [1.29, 1.82) is 0 Å². The van der Waals surface area contributed by atoms with E-state index in [-0.39, 0.29) is 17.9 Å². The van der Waals surface area contributed by atoms with Gasteiger partial charge < -0.3 is 19.8 Å². The summed E-state index contributed by atoms with van der Waals surface area (Å²) in [5.74, 6) is 2.87. The van der Waals surface area contributed by atoms with Gasteiger partial charge in [-0.1, -0.05) is 25.0 Å². The minimum atomic E-state index is -0.431. The molecule has 27 heavy (non-hydrogen) atoms. The number of rotatable bonds is 4. The molecule has 2 N–H and O–H groups in total. The highest BCUT2D eigenvalue weighted by Gasteiger charge is 2.48. The van der Waals surface area contributed by atoms with Crippen LogP contribution in [0.5, 0.6) is 5.75 Å². The van der Waals surface area contributed by atoms with E-state index in [9.17, 15) is 4.79 Å². The van der Waals surface area contributed by atoms with E-state index in [1.807, 2.05) is 48.2 Å². The van der Waals surface area contributed by atoms with E-state index in [0.717, 1.165) is 48.5 Å². The summed E-state index contributed by atoms with van der Waals surface area (Å²) in [6, 6.07) is 11.9. The SMILES string of the molecule is COc1ccc(C2(C(=O)N3C[C@@H](N)[C@H](c4ccc(C)o4)C3)CCCC2)cc1. The van der Waals surface area contributed by atoms with Crippen LogP contribution in [0.4, 0.5) is 0 Å². The van der Waals surface area contributed by atoms with Gasteiger partial charge in [0, 0.05) is 19.1 Å². The lowest BCUT2D eigenvalue weighted by Gasteiger charge is -2.33. The van der Waals surface area contributed by atoms with E-state index < -0.39 is 5.41 Å². The van der Waals surface area contributed by atoms with Gasteiger partial charge in [-0.05, 0) is 49.6 Å². The summed E-state index contributed by atoms with van der Waals surface area (Å²) >= 11 is 0. The standard InChI is InChI=1S/C22H28N2O3/c1-15-5-10-20(27-15)18-13-24(14-19(18)23)21(25)22(11-3-4-12-22)16-6-8-17(26-2)9-7-16/h5-10,18-19H,3-4,11-14,23H2,1-2H3/t18-,19-/m1/s1. The molecule has 2 aliphatic rings. The Balaban J connectivity index is 1.59. The van der Waals surface area contributed by atoms with Gasteiger partial charge in [0.2, 0.25) is 5.91 Å². The second kappa shape index (κ2) is 7.04. The number of ether oxygens (including phenoxy) is 1. The molecule has 1 saturated heterocycles. The zero-order valence-electron chi connectivity index (χ0n) is 16.1. The maximum absolute atomic E-state index is 13.7. The van der Waals surface area contributed by atoms with E-state index in [1.165, 1.54) is 0 Å². The first kappa shape index (κ1) is 18.1. The van der Waals surface area contributed by atoms with Gasteiger partial charge in [-0.25, -0.2) is 0 Å². The van der Waals surface area contributed by atoms with Crippen LogP contribution in [0.3, 0.4) is 0 Å². The first-order chi connectivity index (χ1) is 13.0. The van der Waals surface area contributed by atoms with E-state index in [2.05, 4.69) is 0 Å². The lowest BCUT2D eigenvalue weighted by Crippen LogP contribution is -2.45. The van der Waals surface area contributed by atoms with Gasteiger partial charge in [0.15, 0.2) is 0 Å². The van der Waals surface area contributed by atoms with Crippen molar-refractivity contribution < 1.29 is 13.9 Å². The number of methoxy groups -OCH3 is 1. The molecule has 5 nitrogen and oxygen atoms in total. The highest BCUT2D eigenvalue weighted by atomic mass is 16.5. The second-order valence-corrected chi connectivity index (χ2v) is 7.95. The van der Waals surface area contributed by atoms with Crippen LogP contribution >= 0.6 is 0 Å². The molecular formula is C22H28N2O3. The van der Waals surface area contributed by atoms with Gasteiger partial charge in [0.25, 0.3) is 0 Å². The van der Waals surface area contributed by atoms with Crippen molar-refractivity contribution in [2.75, 3.05) is 20.2 Å². The Kier molecular flexibility index (Phi) is 4.72. The topological polar surface area (TPSA) is 68.7 Å². The van der Waals surface area contributed by atoms with Crippen LogP contribution in [0.15, 0.2) is 40.8 Å². The summed E-state index contributed by atoms with van der Waals surface area (Å²) < 4.78 is 11.1. The zero-order chi connectivity index (χ0) is 19.0. The molecule has 1 amide bonds. The smallest absolute Gasteiger partial charge is 0.233 e. The number of carbonyl (C=O) groups excluding carboxylic acids is 1. The number of hydrogen-bond donors (Lipinski definition) is 1. The van der Waals surface area contributed by atoms with Crippen LogP contribution in [0.1, 0.15) is 48.7 Å². The van der Waals surface area contributed by atoms with Crippen LogP contribution in [0.2, 0.25) is 0 Å². The average Bonchev–Trinajstić information content (AvgIpc) is 3.41. The first-order valence-corrected chi connectivity index (χ1v) is 9.79. The summed E-state index contributed by atoms with van der Waals surface area (Å²) in [6.07, 6.45) is 3.96.